The Labute approximate surface area is 123 Å². The highest BCUT2D eigenvalue weighted by atomic mass is 32.2. The van der Waals surface area contributed by atoms with Gasteiger partial charge in [0.05, 0.1) is 16.0 Å². The number of hydrogen-bond donors (Lipinski definition) is 3. The number of anilines is 1. The van der Waals surface area contributed by atoms with Crippen molar-refractivity contribution in [3.8, 4) is 0 Å². The number of para-hydroxylation sites is 1. The molecule has 106 valence electrons. The molecule has 2 aromatic heterocycles. The van der Waals surface area contributed by atoms with Crippen molar-refractivity contribution in [2.24, 2.45) is 5.84 Å². The van der Waals surface area contributed by atoms with Crippen molar-refractivity contribution in [1.29, 1.82) is 0 Å². The molecular weight excluding hydrogens is 290 g/mol. The van der Waals surface area contributed by atoms with Gasteiger partial charge in [-0.1, -0.05) is 30.0 Å². The zero-order valence-electron chi connectivity index (χ0n) is 10.7. The molecule has 2 heterocycles. The van der Waals surface area contributed by atoms with E-state index in [0.29, 0.717) is 5.03 Å². The van der Waals surface area contributed by atoms with Gasteiger partial charge in [-0.05, 0) is 12.1 Å². The molecule has 0 amide bonds. The van der Waals surface area contributed by atoms with E-state index < -0.39 is 4.92 Å². The SMILES string of the molecule is NNc1cc([N+](=O)[O-])cc(Sc2cc3ccccc3[nH]2)n1. The minimum Gasteiger partial charge on any atom is -0.349 e. The number of H-pyrrole nitrogens is 1. The number of nitrogens with zero attached hydrogens (tertiary/aromatic N) is 2. The van der Waals surface area contributed by atoms with Crippen molar-refractivity contribution in [3.63, 3.8) is 0 Å². The smallest absolute Gasteiger partial charge is 0.275 e. The van der Waals surface area contributed by atoms with E-state index in [2.05, 4.69) is 15.4 Å². The average molecular weight is 301 g/mol. The largest absolute Gasteiger partial charge is 0.349 e. The molecule has 3 rings (SSSR count). The third-order valence-corrected chi connectivity index (χ3v) is 3.72. The van der Waals surface area contributed by atoms with Crippen molar-refractivity contribution in [2.45, 2.75) is 10.1 Å². The van der Waals surface area contributed by atoms with Crippen LogP contribution >= 0.6 is 11.8 Å². The molecule has 7 nitrogen and oxygen atoms in total. The maximum Gasteiger partial charge on any atom is 0.275 e. The lowest BCUT2D eigenvalue weighted by atomic mass is 10.3. The van der Waals surface area contributed by atoms with Crippen LogP contribution in [0.2, 0.25) is 0 Å². The number of nitrogen functional groups attached to an aromatic ring is 1. The second-order valence-electron chi connectivity index (χ2n) is 4.27. The minimum atomic E-state index is -0.474. The van der Waals surface area contributed by atoms with Crippen LogP contribution in [0.1, 0.15) is 0 Å². The first-order valence-electron chi connectivity index (χ1n) is 6.04. The number of aromatic nitrogens is 2. The van der Waals surface area contributed by atoms with E-state index in [1.54, 1.807) is 0 Å². The number of nitro groups is 1. The van der Waals surface area contributed by atoms with Crippen molar-refractivity contribution in [3.05, 3.63) is 52.6 Å². The highest BCUT2D eigenvalue weighted by molar-refractivity contribution is 7.99. The number of hydrazine groups is 1. The first-order chi connectivity index (χ1) is 10.2. The third kappa shape index (κ3) is 2.81. The van der Waals surface area contributed by atoms with Crippen LogP contribution < -0.4 is 11.3 Å². The van der Waals surface area contributed by atoms with E-state index in [-0.39, 0.29) is 11.5 Å². The molecule has 0 fully saturated rings. The summed E-state index contributed by atoms with van der Waals surface area (Å²) < 4.78 is 0. The summed E-state index contributed by atoms with van der Waals surface area (Å²) in [5.74, 6) is 5.54. The maximum atomic E-state index is 10.9. The monoisotopic (exact) mass is 301 g/mol. The minimum absolute atomic E-state index is 0.0587. The fraction of sp³-hybridized carbons (Fsp3) is 0. The number of fused-ring (bicyclic) bond motifs is 1. The number of benzene rings is 1. The first kappa shape index (κ1) is 13.4. The van der Waals surface area contributed by atoms with Crippen LogP contribution in [0.15, 0.2) is 52.5 Å². The zero-order valence-corrected chi connectivity index (χ0v) is 11.6. The highest BCUT2D eigenvalue weighted by Crippen LogP contribution is 2.31. The summed E-state index contributed by atoms with van der Waals surface area (Å²) in [6, 6.07) is 12.5. The van der Waals surface area contributed by atoms with Gasteiger partial charge in [-0.2, -0.15) is 0 Å². The Balaban J connectivity index is 1.96. The van der Waals surface area contributed by atoms with E-state index in [1.807, 2.05) is 30.3 Å². The van der Waals surface area contributed by atoms with Gasteiger partial charge in [-0.15, -0.1) is 0 Å². The maximum absolute atomic E-state index is 10.9. The summed E-state index contributed by atoms with van der Waals surface area (Å²) in [5, 5.41) is 13.3. The Morgan fingerprint density at radius 1 is 1.29 bits per heavy atom. The van der Waals surface area contributed by atoms with Gasteiger partial charge in [-0.25, -0.2) is 10.8 Å². The third-order valence-electron chi connectivity index (χ3n) is 2.87. The van der Waals surface area contributed by atoms with Gasteiger partial charge in [0.15, 0.2) is 0 Å². The second-order valence-corrected chi connectivity index (χ2v) is 5.34. The van der Waals surface area contributed by atoms with Crippen LogP contribution in [0.3, 0.4) is 0 Å². The normalized spacial score (nSPS) is 10.7. The molecule has 0 aliphatic heterocycles. The standard InChI is InChI=1S/C13H11N5O2S/c14-17-11-6-9(18(19)20)7-13(16-11)21-12-5-8-3-1-2-4-10(8)15-12/h1-7,15H,14H2,(H,16,17). The van der Waals surface area contributed by atoms with E-state index in [0.717, 1.165) is 15.9 Å². The molecule has 0 bridgehead atoms. The highest BCUT2D eigenvalue weighted by Gasteiger charge is 2.12. The number of nitrogens with two attached hydrogens (primary N) is 1. The van der Waals surface area contributed by atoms with Crippen LogP contribution in [0, 0.1) is 10.1 Å². The van der Waals surface area contributed by atoms with E-state index in [1.165, 1.54) is 23.9 Å². The summed E-state index contributed by atoms with van der Waals surface area (Å²) in [5.41, 5.74) is 3.28. The molecule has 0 saturated carbocycles. The Bertz CT molecular complexity index is 784. The Morgan fingerprint density at radius 2 is 2.10 bits per heavy atom. The number of rotatable bonds is 4. The Kier molecular flexibility index (Phi) is 3.46. The molecule has 8 heteroatoms. The Morgan fingerprint density at radius 3 is 2.81 bits per heavy atom. The fourth-order valence-electron chi connectivity index (χ4n) is 1.94. The van der Waals surface area contributed by atoms with E-state index >= 15 is 0 Å². The van der Waals surface area contributed by atoms with Crippen molar-refractivity contribution >= 4 is 34.2 Å². The van der Waals surface area contributed by atoms with Crippen molar-refractivity contribution in [2.75, 3.05) is 5.43 Å². The molecule has 0 atom stereocenters. The second kappa shape index (κ2) is 5.43. The van der Waals surface area contributed by atoms with E-state index in [4.69, 9.17) is 5.84 Å². The number of hydrogen-bond acceptors (Lipinski definition) is 6. The summed E-state index contributed by atoms with van der Waals surface area (Å²) in [7, 11) is 0. The van der Waals surface area contributed by atoms with Crippen LogP contribution in [0.25, 0.3) is 10.9 Å². The summed E-state index contributed by atoms with van der Waals surface area (Å²) in [6.07, 6.45) is 0. The van der Waals surface area contributed by atoms with Gasteiger partial charge in [-0.3, -0.25) is 10.1 Å². The van der Waals surface area contributed by atoms with Gasteiger partial charge >= 0.3 is 0 Å². The molecule has 3 aromatic rings. The number of aromatic amines is 1. The van der Waals surface area contributed by atoms with Gasteiger partial charge in [0, 0.05) is 17.0 Å². The summed E-state index contributed by atoms with van der Waals surface area (Å²) in [6.45, 7) is 0. The lowest BCUT2D eigenvalue weighted by molar-refractivity contribution is -0.385. The molecule has 0 saturated heterocycles. The van der Waals surface area contributed by atoms with Crippen LogP contribution in [0.5, 0.6) is 0 Å². The number of nitrogens with one attached hydrogen (secondary N) is 2. The van der Waals surface area contributed by atoms with Crippen molar-refractivity contribution < 1.29 is 4.92 Å². The lowest BCUT2D eigenvalue weighted by Crippen LogP contribution is -2.09. The molecule has 0 aliphatic rings. The molecular formula is C13H11N5O2S. The van der Waals surface area contributed by atoms with Crippen LogP contribution in [-0.4, -0.2) is 14.9 Å². The van der Waals surface area contributed by atoms with Crippen LogP contribution in [-0.2, 0) is 0 Å². The molecule has 0 spiro atoms. The molecule has 0 aliphatic carbocycles. The predicted octanol–water partition coefficient (Wildman–Crippen LogP) is 2.91. The summed E-state index contributed by atoms with van der Waals surface area (Å²) >= 11 is 1.31. The zero-order chi connectivity index (χ0) is 14.8. The molecule has 0 unspecified atom stereocenters. The molecule has 21 heavy (non-hydrogen) atoms. The fourth-order valence-corrected chi connectivity index (χ4v) is 2.83. The van der Waals surface area contributed by atoms with Crippen molar-refractivity contribution in [1.82, 2.24) is 9.97 Å². The molecule has 1 aromatic carbocycles. The average Bonchev–Trinajstić information content (AvgIpc) is 2.88. The predicted molar refractivity (Wildman–Crippen MR) is 81.1 cm³/mol. The summed E-state index contributed by atoms with van der Waals surface area (Å²) in [4.78, 5) is 17.9. The van der Waals surface area contributed by atoms with Gasteiger partial charge < -0.3 is 10.4 Å². The lowest BCUT2D eigenvalue weighted by Gasteiger charge is -2.03. The quantitative estimate of drug-likeness (QED) is 0.388. The first-order valence-corrected chi connectivity index (χ1v) is 6.86. The van der Waals surface area contributed by atoms with E-state index in [9.17, 15) is 10.1 Å². The Hall–Kier alpha value is -2.58. The molecule has 0 radical (unpaired) electrons. The van der Waals surface area contributed by atoms with Gasteiger partial charge in [0.25, 0.3) is 5.69 Å². The molecule has 4 N–H and O–H groups in total. The van der Waals surface area contributed by atoms with Crippen LogP contribution in [0.4, 0.5) is 11.5 Å². The number of pyridine rings is 1. The topological polar surface area (TPSA) is 110 Å². The van der Waals surface area contributed by atoms with Gasteiger partial charge in [0.1, 0.15) is 10.8 Å². The van der Waals surface area contributed by atoms with Gasteiger partial charge in [0.2, 0.25) is 0 Å².